The van der Waals surface area contributed by atoms with Crippen molar-refractivity contribution in [3.05, 3.63) is 102 Å². The Morgan fingerprint density at radius 2 is 1.36 bits per heavy atom. The second-order valence-electron chi connectivity index (χ2n) is 14.8. The summed E-state index contributed by atoms with van der Waals surface area (Å²) in [5, 5.41) is 24.5. The molecule has 1 unspecified atom stereocenters. The van der Waals surface area contributed by atoms with Gasteiger partial charge in [-0.25, -0.2) is 4.79 Å². The minimum absolute atomic E-state index is 0.0399. The van der Waals surface area contributed by atoms with E-state index in [9.17, 15) is 24.6 Å². The Balaban J connectivity index is 2.41. The molecule has 0 radical (unpaired) electrons. The van der Waals surface area contributed by atoms with E-state index in [4.69, 9.17) is 9.47 Å². The lowest BCUT2D eigenvalue weighted by Gasteiger charge is -2.24. The number of aryl methyl sites for hydroxylation is 2. The minimum Gasteiger partial charge on any atom is -0.493 e. The number of aliphatic hydroxyl groups excluding tert-OH is 2. The second-order valence-corrected chi connectivity index (χ2v) is 14.8. The van der Waals surface area contributed by atoms with Gasteiger partial charge >= 0.3 is 5.97 Å². The number of carbonyl (C=O) groups excluding carboxylic acids is 3. The van der Waals surface area contributed by atoms with E-state index in [1.54, 1.807) is 0 Å². The first-order valence-electron chi connectivity index (χ1n) is 20.6. The van der Waals surface area contributed by atoms with E-state index in [0.717, 1.165) is 61.8 Å². The number of esters is 1. The van der Waals surface area contributed by atoms with Crippen molar-refractivity contribution in [2.24, 2.45) is 11.3 Å². The fourth-order valence-electron chi connectivity index (χ4n) is 5.42. The van der Waals surface area contributed by atoms with Gasteiger partial charge in [-0.1, -0.05) is 106 Å². The van der Waals surface area contributed by atoms with Crippen molar-refractivity contribution in [2.75, 3.05) is 33.0 Å². The monoisotopic (exact) mass is 777 g/mol. The smallest absolute Gasteiger partial charge is 0.328 e. The summed E-state index contributed by atoms with van der Waals surface area (Å²) in [5.41, 5.74) is 1.66. The van der Waals surface area contributed by atoms with Gasteiger partial charge in [-0.3, -0.25) is 9.59 Å². The van der Waals surface area contributed by atoms with Crippen LogP contribution in [-0.4, -0.2) is 67.0 Å². The summed E-state index contributed by atoms with van der Waals surface area (Å²) in [6.07, 6.45) is 34.9. The molecular formula is C47H72N2O7. The Hall–Kier alpha value is -4.21. The highest BCUT2D eigenvalue weighted by molar-refractivity contribution is 5.84. The maximum absolute atomic E-state index is 13.0. The molecule has 56 heavy (non-hydrogen) atoms. The van der Waals surface area contributed by atoms with Crippen LogP contribution < -0.4 is 15.4 Å². The number of amides is 2. The third kappa shape index (κ3) is 25.0. The molecule has 1 aromatic rings. The molecule has 0 aliphatic rings. The molecular weight excluding hydrogens is 705 g/mol. The average Bonchev–Trinajstić information content (AvgIpc) is 3.18. The topological polar surface area (TPSA) is 134 Å². The number of benzene rings is 1. The maximum Gasteiger partial charge on any atom is 0.328 e. The lowest BCUT2D eigenvalue weighted by molar-refractivity contribution is -0.150. The highest BCUT2D eigenvalue weighted by Gasteiger charge is 2.27. The number of unbranched alkanes of at least 4 members (excludes halogenated alkanes) is 1. The molecule has 0 bridgehead atoms. The Labute approximate surface area is 338 Å². The standard InChI is InChI=1S/C47H72N2O7/c1-6-7-8-9-10-11-12-13-14-15-16-17-18-19-20-21-22-23-24-29-44(52)49-42(45(53)56-38-41(36-50)37-51)28-25-26-33-48-46(54)47(4,5)32-27-34-55-43-35-39(2)30-31-40(43)3/h7-8,10-11,13-14,16-17,19-20,22-23,30-31,35,41-42,50-51H,6,9,12,15,18,21,24-29,32-34,36-38H2,1-5H3,(H,48,54)(H,49,52). The minimum atomic E-state index is -0.866. The molecule has 0 heterocycles. The first kappa shape index (κ1) is 49.8. The van der Waals surface area contributed by atoms with Gasteiger partial charge in [0.2, 0.25) is 11.8 Å². The summed E-state index contributed by atoms with van der Waals surface area (Å²) >= 11 is 0. The number of hydrogen-bond acceptors (Lipinski definition) is 7. The van der Waals surface area contributed by atoms with E-state index >= 15 is 0 Å². The van der Waals surface area contributed by atoms with Gasteiger partial charge in [-0.2, -0.15) is 0 Å². The quantitative estimate of drug-likeness (QED) is 0.0336. The molecule has 4 N–H and O–H groups in total. The van der Waals surface area contributed by atoms with Crippen LogP contribution in [0.15, 0.2) is 91.1 Å². The Kier molecular flexibility index (Phi) is 28.4. The molecule has 9 nitrogen and oxygen atoms in total. The number of aliphatic hydroxyl groups is 2. The Morgan fingerprint density at radius 3 is 1.93 bits per heavy atom. The normalized spacial score (nSPS) is 13.0. The third-order valence-corrected chi connectivity index (χ3v) is 9.10. The average molecular weight is 777 g/mol. The summed E-state index contributed by atoms with van der Waals surface area (Å²) in [5.74, 6) is -0.615. The third-order valence-electron chi connectivity index (χ3n) is 9.10. The van der Waals surface area contributed by atoms with Gasteiger partial charge in [-0.15, -0.1) is 0 Å². The van der Waals surface area contributed by atoms with Crippen LogP contribution in [0.5, 0.6) is 5.75 Å². The molecule has 0 fully saturated rings. The van der Waals surface area contributed by atoms with E-state index in [1.807, 2.05) is 52.0 Å². The molecule has 9 heteroatoms. The van der Waals surface area contributed by atoms with E-state index in [2.05, 4.69) is 84.4 Å². The SMILES string of the molecule is CCC=CCC=CCC=CCC=CCC=CCC=CCCC(=O)NC(CCCCNC(=O)C(C)(C)CCCOc1cc(C)ccc1C)C(=O)OCC(CO)CO. The molecule has 0 saturated carbocycles. The van der Waals surface area contributed by atoms with Gasteiger partial charge in [0.1, 0.15) is 11.8 Å². The maximum atomic E-state index is 13.0. The first-order valence-corrected chi connectivity index (χ1v) is 20.6. The van der Waals surface area contributed by atoms with Crippen LogP contribution >= 0.6 is 0 Å². The van der Waals surface area contributed by atoms with Crippen molar-refractivity contribution >= 4 is 17.8 Å². The summed E-state index contributed by atoms with van der Waals surface area (Å²) in [4.78, 5) is 38.6. The number of allylic oxidation sites excluding steroid dienone is 12. The van der Waals surface area contributed by atoms with E-state index in [-0.39, 0.29) is 38.1 Å². The van der Waals surface area contributed by atoms with Gasteiger partial charge in [0.15, 0.2) is 0 Å². The Morgan fingerprint density at radius 1 is 0.786 bits per heavy atom. The van der Waals surface area contributed by atoms with Gasteiger partial charge in [0, 0.05) is 24.3 Å². The molecule has 0 aromatic heterocycles. The highest BCUT2D eigenvalue weighted by atomic mass is 16.5. The molecule has 1 rings (SSSR count). The summed E-state index contributed by atoms with van der Waals surface area (Å²) in [6, 6.07) is 5.26. The largest absolute Gasteiger partial charge is 0.493 e. The molecule has 1 atom stereocenters. The molecule has 0 spiro atoms. The highest BCUT2D eigenvalue weighted by Crippen LogP contribution is 2.24. The van der Waals surface area contributed by atoms with Crippen molar-refractivity contribution in [1.82, 2.24) is 10.6 Å². The zero-order chi connectivity index (χ0) is 41.3. The number of rotatable bonds is 31. The molecule has 312 valence electrons. The van der Waals surface area contributed by atoms with Crippen LogP contribution in [0.25, 0.3) is 0 Å². The van der Waals surface area contributed by atoms with Gasteiger partial charge in [-0.05, 0) is 108 Å². The van der Waals surface area contributed by atoms with Crippen molar-refractivity contribution in [3.8, 4) is 5.75 Å². The van der Waals surface area contributed by atoms with Crippen molar-refractivity contribution in [3.63, 3.8) is 0 Å². The molecule has 0 saturated heterocycles. The predicted molar refractivity (Wildman–Crippen MR) is 229 cm³/mol. The number of nitrogens with one attached hydrogen (secondary N) is 2. The molecule has 0 aliphatic heterocycles. The first-order chi connectivity index (χ1) is 27.0. The van der Waals surface area contributed by atoms with Crippen LogP contribution in [0.2, 0.25) is 0 Å². The van der Waals surface area contributed by atoms with E-state index < -0.39 is 23.3 Å². The zero-order valence-corrected chi connectivity index (χ0v) is 35.0. The summed E-state index contributed by atoms with van der Waals surface area (Å²) in [6.45, 7) is 10.2. The van der Waals surface area contributed by atoms with Gasteiger partial charge in [0.05, 0.1) is 26.4 Å². The number of carbonyl (C=O) groups is 3. The second kappa shape index (κ2) is 31.9. The summed E-state index contributed by atoms with van der Waals surface area (Å²) in [7, 11) is 0. The van der Waals surface area contributed by atoms with Crippen molar-refractivity contribution in [2.45, 2.75) is 124 Å². The van der Waals surface area contributed by atoms with Gasteiger partial charge in [0.25, 0.3) is 0 Å². The van der Waals surface area contributed by atoms with Crippen molar-refractivity contribution < 1.29 is 34.1 Å². The van der Waals surface area contributed by atoms with E-state index in [1.165, 1.54) is 0 Å². The van der Waals surface area contributed by atoms with Crippen LogP contribution in [0, 0.1) is 25.2 Å². The van der Waals surface area contributed by atoms with Crippen LogP contribution in [0.3, 0.4) is 0 Å². The lowest BCUT2D eigenvalue weighted by atomic mass is 9.87. The zero-order valence-electron chi connectivity index (χ0n) is 35.0. The fourth-order valence-corrected chi connectivity index (χ4v) is 5.42. The molecule has 1 aromatic carbocycles. The molecule has 0 aliphatic carbocycles. The fraction of sp³-hybridized carbons (Fsp3) is 0.553. The number of ether oxygens (including phenoxy) is 2. The number of hydrogen-bond donors (Lipinski definition) is 4. The van der Waals surface area contributed by atoms with Crippen LogP contribution in [0.1, 0.15) is 115 Å². The predicted octanol–water partition coefficient (Wildman–Crippen LogP) is 8.88. The molecule has 2 amide bonds. The van der Waals surface area contributed by atoms with Gasteiger partial charge < -0.3 is 30.3 Å². The Bertz CT molecular complexity index is 1420. The van der Waals surface area contributed by atoms with Crippen LogP contribution in [-0.2, 0) is 19.1 Å². The summed E-state index contributed by atoms with van der Waals surface area (Å²) < 4.78 is 11.3. The van der Waals surface area contributed by atoms with Crippen molar-refractivity contribution in [1.29, 1.82) is 0 Å². The van der Waals surface area contributed by atoms with Crippen LogP contribution in [0.4, 0.5) is 0 Å². The lowest BCUT2D eigenvalue weighted by Crippen LogP contribution is -2.42. The van der Waals surface area contributed by atoms with E-state index in [0.29, 0.717) is 45.3 Å².